The maximum Gasteiger partial charge on any atom is 0.417 e. The van der Waals surface area contributed by atoms with Gasteiger partial charge in [0.25, 0.3) is 0 Å². The summed E-state index contributed by atoms with van der Waals surface area (Å²) in [5, 5.41) is 7.82. The van der Waals surface area contributed by atoms with Crippen molar-refractivity contribution in [3.63, 3.8) is 0 Å². The summed E-state index contributed by atoms with van der Waals surface area (Å²) in [6.07, 6.45) is -3.17. The third-order valence-corrected chi connectivity index (χ3v) is 6.01. The van der Waals surface area contributed by atoms with E-state index in [1.807, 2.05) is 6.07 Å². The Bertz CT molecular complexity index is 990. The first-order valence-corrected chi connectivity index (χ1v) is 11.0. The lowest BCUT2D eigenvalue weighted by Gasteiger charge is -2.34. The first-order valence-electron chi connectivity index (χ1n) is 9.48. The fourth-order valence-electron chi connectivity index (χ4n) is 3.35. The van der Waals surface area contributed by atoms with Crippen molar-refractivity contribution in [3.8, 4) is 0 Å². The van der Waals surface area contributed by atoms with Gasteiger partial charge in [-0.05, 0) is 42.4 Å². The minimum absolute atomic E-state index is 0.143. The maximum atomic E-state index is 13.3. The highest BCUT2D eigenvalue weighted by molar-refractivity contribution is 7.89. The first kappa shape index (κ1) is 22.3. The van der Waals surface area contributed by atoms with E-state index < -0.39 is 26.7 Å². The lowest BCUT2D eigenvalue weighted by Crippen LogP contribution is -2.46. The van der Waals surface area contributed by atoms with Gasteiger partial charge in [-0.15, -0.1) is 0 Å². The normalized spacial score (nSPS) is 16.0. The molecule has 1 saturated heterocycles. The van der Waals surface area contributed by atoms with Crippen LogP contribution in [-0.2, 0) is 22.7 Å². The van der Waals surface area contributed by atoms with E-state index in [9.17, 15) is 21.6 Å². The molecule has 0 radical (unpaired) electrons. The number of pyridine rings is 1. The number of benzene rings is 1. The Hall–Kier alpha value is -2.37. The van der Waals surface area contributed by atoms with Crippen LogP contribution < -0.4 is 15.4 Å². The van der Waals surface area contributed by atoms with Crippen LogP contribution in [0, 0.1) is 0 Å². The van der Waals surface area contributed by atoms with Crippen molar-refractivity contribution in [2.75, 3.05) is 42.9 Å². The number of primary sulfonamides is 1. The van der Waals surface area contributed by atoms with Gasteiger partial charge in [-0.2, -0.15) is 13.2 Å². The van der Waals surface area contributed by atoms with Crippen molar-refractivity contribution >= 4 is 21.5 Å². The SMILES string of the molecule is CCN1CCN(c2cc(CNc3ccc(S(N)(=O)=O)c(C(F)(F)F)c3)ccn2)CC1. The van der Waals surface area contributed by atoms with Crippen molar-refractivity contribution in [2.45, 2.75) is 24.5 Å². The molecule has 0 saturated carbocycles. The van der Waals surface area contributed by atoms with Gasteiger partial charge >= 0.3 is 6.18 Å². The van der Waals surface area contributed by atoms with Crippen LogP contribution in [-0.4, -0.2) is 51.0 Å². The Kier molecular flexibility index (Phi) is 6.53. The summed E-state index contributed by atoms with van der Waals surface area (Å²) in [4.78, 5) is 7.99. The molecular formula is C19H24F3N5O2S. The molecule has 3 N–H and O–H groups in total. The summed E-state index contributed by atoms with van der Waals surface area (Å²) in [5.41, 5.74) is -0.300. The molecule has 0 atom stereocenters. The number of halogens is 3. The zero-order valence-electron chi connectivity index (χ0n) is 16.5. The smallest absolute Gasteiger partial charge is 0.381 e. The van der Waals surface area contributed by atoms with Gasteiger partial charge in [-0.1, -0.05) is 6.92 Å². The molecule has 0 spiro atoms. The van der Waals surface area contributed by atoms with E-state index in [4.69, 9.17) is 5.14 Å². The molecule has 1 aliphatic heterocycles. The van der Waals surface area contributed by atoms with E-state index >= 15 is 0 Å². The lowest BCUT2D eigenvalue weighted by atomic mass is 10.1. The van der Waals surface area contributed by atoms with E-state index in [0.29, 0.717) is 0 Å². The highest BCUT2D eigenvalue weighted by Crippen LogP contribution is 2.35. The van der Waals surface area contributed by atoms with E-state index in [2.05, 4.69) is 27.0 Å². The molecular weight excluding hydrogens is 419 g/mol. The number of likely N-dealkylation sites (N-methyl/N-ethyl adjacent to an activating group) is 1. The minimum Gasteiger partial charge on any atom is -0.381 e. The van der Waals surface area contributed by atoms with E-state index in [0.717, 1.165) is 56.2 Å². The highest BCUT2D eigenvalue weighted by atomic mass is 32.2. The van der Waals surface area contributed by atoms with E-state index in [-0.39, 0.29) is 12.2 Å². The van der Waals surface area contributed by atoms with Crippen molar-refractivity contribution in [3.05, 3.63) is 47.7 Å². The molecule has 2 heterocycles. The Labute approximate surface area is 173 Å². The topological polar surface area (TPSA) is 91.6 Å². The molecule has 0 aliphatic carbocycles. The number of aromatic nitrogens is 1. The van der Waals surface area contributed by atoms with Crippen LogP contribution in [0.4, 0.5) is 24.7 Å². The van der Waals surface area contributed by atoms with Crippen LogP contribution in [0.2, 0.25) is 0 Å². The Morgan fingerprint density at radius 1 is 1.13 bits per heavy atom. The van der Waals surface area contributed by atoms with Gasteiger partial charge in [-0.25, -0.2) is 18.5 Å². The van der Waals surface area contributed by atoms with E-state index in [1.54, 1.807) is 12.3 Å². The average Bonchev–Trinajstić information content (AvgIpc) is 2.71. The molecule has 0 amide bonds. The van der Waals surface area contributed by atoms with Crippen LogP contribution in [0.5, 0.6) is 0 Å². The van der Waals surface area contributed by atoms with Gasteiger partial charge in [-0.3, -0.25) is 0 Å². The summed E-state index contributed by atoms with van der Waals surface area (Å²) in [6.45, 7) is 7.03. The number of nitrogens with one attached hydrogen (secondary N) is 1. The Morgan fingerprint density at radius 3 is 2.43 bits per heavy atom. The molecule has 1 fully saturated rings. The lowest BCUT2D eigenvalue weighted by molar-refractivity contribution is -0.139. The number of alkyl halides is 3. The predicted molar refractivity (Wildman–Crippen MR) is 109 cm³/mol. The van der Waals surface area contributed by atoms with Gasteiger partial charge in [0.2, 0.25) is 10.0 Å². The van der Waals surface area contributed by atoms with Gasteiger partial charge < -0.3 is 15.1 Å². The molecule has 164 valence electrons. The van der Waals surface area contributed by atoms with Crippen LogP contribution >= 0.6 is 0 Å². The number of nitrogens with zero attached hydrogens (tertiary/aromatic N) is 3. The fraction of sp³-hybridized carbons (Fsp3) is 0.421. The number of nitrogens with two attached hydrogens (primary N) is 1. The molecule has 1 aromatic heterocycles. The maximum absolute atomic E-state index is 13.3. The summed E-state index contributed by atoms with van der Waals surface area (Å²) < 4.78 is 62.7. The Balaban J connectivity index is 1.73. The van der Waals surface area contributed by atoms with E-state index in [1.165, 1.54) is 6.07 Å². The monoisotopic (exact) mass is 443 g/mol. The second-order valence-corrected chi connectivity index (χ2v) is 8.58. The molecule has 2 aromatic rings. The predicted octanol–water partition coefficient (Wildman–Crippen LogP) is 2.50. The number of rotatable bonds is 6. The second kappa shape index (κ2) is 8.78. The largest absolute Gasteiger partial charge is 0.417 e. The molecule has 1 aromatic carbocycles. The fourth-order valence-corrected chi connectivity index (χ4v) is 4.09. The molecule has 30 heavy (non-hydrogen) atoms. The standard InChI is InChI=1S/C19H24F3N5O2S/c1-2-26-7-9-27(10-8-26)18-11-14(5-6-24-18)13-25-15-3-4-17(30(23,28)29)16(12-15)19(20,21)22/h3-6,11-12,25H,2,7-10,13H2,1H3,(H2,23,28,29). The highest BCUT2D eigenvalue weighted by Gasteiger charge is 2.36. The van der Waals surface area contributed by atoms with Crippen LogP contribution in [0.3, 0.4) is 0 Å². The van der Waals surface area contributed by atoms with Crippen LogP contribution in [0.25, 0.3) is 0 Å². The zero-order chi connectivity index (χ0) is 21.9. The number of piperazine rings is 1. The number of hydrogen-bond donors (Lipinski definition) is 2. The average molecular weight is 443 g/mol. The van der Waals surface area contributed by atoms with Gasteiger partial charge in [0.05, 0.1) is 10.5 Å². The summed E-state index contributed by atoms with van der Waals surface area (Å²) in [5.74, 6) is 0.825. The third-order valence-electron chi connectivity index (χ3n) is 5.04. The molecule has 0 unspecified atom stereocenters. The van der Waals surface area contributed by atoms with Crippen molar-refractivity contribution in [1.29, 1.82) is 0 Å². The van der Waals surface area contributed by atoms with Crippen LogP contribution in [0.1, 0.15) is 18.1 Å². The van der Waals surface area contributed by atoms with Gasteiger partial charge in [0.15, 0.2) is 0 Å². The quantitative estimate of drug-likeness (QED) is 0.713. The van der Waals surface area contributed by atoms with Gasteiger partial charge in [0.1, 0.15) is 5.82 Å². The molecule has 0 bridgehead atoms. The first-order chi connectivity index (χ1) is 14.1. The summed E-state index contributed by atoms with van der Waals surface area (Å²) in [7, 11) is -4.49. The molecule has 11 heteroatoms. The zero-order valence-corrected chi connectivity index (χ0v) is 17.3. The third kappa shape index (κ3) is 5.41. The molecule has 3 rings (SSSR count). The minimum atomic E-state index is -4.84. The Morgan fingerprint density at radius 2 is 1.83 bits per heavy atom. The molecule has 7 nitrogen and oxygen atoms in total. The van der Waals surface area contributed by atoms with Crippen LogP contribution in [0.15, 0.2) is 41.4 Å². The van der Waals surface area contributed by atoms with Crippen molar-refractivity contribution in [1.82, 2.24) is 9.88 Å². The summed E-state index contributed by atoms with van der Waals surface area (Å²) >= 11 is 0. The number of anilines is 2. The second-order valence-electron chi connectivity index (χ2n) is 7.05. The van der Waals surface area contributed by atoms with Gasteiger partial charge in [0, 0.05) is 44.6 Å². The number of sulfonamides is 1. The number of hydrogen-bond acceptors (Lipinski definition) is 6. The summed E-state index contributed by atoms with van der Waals surface area (Å²) in [6, 6.07) is 6.57. The van der Waals surface area contributed by atoms with Crippen molar-refractivity contribution < 1.29 is 21.6 Å². The molecule has 1 aliphatic rings. The van der Waals surface area contributed by atoms with Crippen molar-refractivity contribution in [2.24, 2.45) is 5.14 Å².